The van der Waals surface area contributed by atoms with Gasteiger partial charge in [0.05, 0.1) is 12.0 Å². The molecule has 1 amide bonds. The first-order valence-electron chi connectivity index (χ1n) is 6.27. The van der Waals surface area contributed by atoms with Crippen LogP contribution in [0.3, 0.4) is 0 Å². The number of carbonyl (C=O) groups excluding carboxylic acids is 2. The molecule has 0 spiro atoms. The Labute approximate surface area is 120 Å². The minimum Gasteiger partial charge on any atom is -0.496 e. The maximum Gasteiger partial charge on any atom is 0.224 e. The van der Waals surface area contributed by atoms with Crippen LogP contribution in [0, 0.1) is 0 Å². The van der Waals surface area contributed by atoms with E-state index in [0.717, 1.165) is 11.3 Å². The molecule has 1 aliphatic rings. The first-order chi connectivity index (χ1) is 9.67. The third-order valence-electron chi connectivity index (χ3n) is 3.30. The van der Waals surface area contributed by atoms with Gasteiger partial charge in [-0.25, -0.2) is 0 Å². The molecule has 0 atom stereocenters. The molecule has 1 N–H and O–H groups in total. The van der Waals surface area contributed by atoms with Crippen LogP contribution in [0.25, 0.3) is 0 Å². The third-order valence-corrected chi connectivity index (χ3v) is 4.21. The lowest BCUT2D eigenvalue weighted by Gasteiger charge is -2.17. The van der Waals surface area contributed by atoms with E-state index in [2.05, 4.69) is 5.32 Å². The smallest absolute Gasteiger partial charge is 0.224 e. The molecule has 20 heavy (non-hydrogen) atoms. The summed E-state index contributed by atoms with van der Waals surface area (Å²) in [5, 5.41) is 4.62. The highest BCUT2D eigenvalue weighted by molar-refractivity contribution is 7.12. The lowest BCUT2D eigenvalue weighted by atomic mass is 9.98. The summed E-state index contributed by atoms with van der Waals surface area (Å²) in [6.45, 7) is 0. The predicted octanol–water partition coefficient (Wildman–Crippen LogP) is 2.87. The van der Waals surface area contributed by atoms with Gasteiger partial charge in [-0.05, 0) is 30.2 Å². The minimum atomic E-state index is -0.0157. The van der Waals surface area contributed by atoms with Gasteiger partial charge in [0.15, 0.2) is 0 Å². The van der Waals surface area contributed by atoms with Crippen LogP contribution >= 0.6 is 11.3 Å². The van der Waals surface area contributed by atoms with E-state index in [-0.39, 0.29) is 11.7 Å². The number of hydrogen-bond acceptors (Lipinski definition) is 4. The van der Waals surface area contributed by atoms with E-state index in [9.17, 15) is 9.59 Å². The molecular formula is C15H13NO3S. The van der Waals surface area contributed by atoms with Crippen molar-refractivity contribution in [2.45, 2.75) is 12.8 Å². The quantitative estimate of drug-likeness (QED) is 0.883. The Kier molecular flexibility index (Phi) is 3.28. The van der Waals surface area contributed by atoms with E-state index in [1.807, 2.05) is 11.4 Å². The van der Waals surface area contributed by atoms with Crippen LogP contribution in [0.4, 0.5) is 5.69 Å². The number of ether oxygens (including phenoxy) is 1. The number of thiophene rings is 1. The summed E-state index contributed by atoms with van der Waals surface area (Å²) in [5.74, 6) is 0.709. The van der Waals surface area contributed by atoms with Crippen LogP contribution < -0.4 is 10.1 Å². The number of nitrogens with one attached hydrogen (secondary N) is 1. The van der Waals surface area contributed by atoms with E-state index in [1.54, 1.807) is 25.3 Å². The number of aryl methyl sites for hydroxylation is 1. The zero-order chi connectivity index (χ0) is 14.1. The molecule has 0 radical (unpaired) electrons. The van der Waals surface area contributed by atoms with Gasteiger partial charge in [0, 0.05) is 29.1 Å². The van der Waals surface area contributed by atoms with E-state index in [4.69, 9.17) is 4.74 Å². The largest absolute Gasteiger partial charge is 0.496 e. The molecule has 0 bridgehead atoms. The number of ketones is 1. The maximum atomic E-state index is 12.4. The first-order valence-corrected chi connectivity index (χ1v) is 7.15. The van der Waals surface area contributed by atoms with Gasteiger partial charge < -0.3 is 10.1 Å². The number of carbonyl (C=O) groups is 2. The van der Waals surface area contributed by atoms with Crippen LogP contribution in [0.15, 0.2) is 29.6 Å². The van der Waals surface area contributed by atoms with Gasteiger partial charge in [-0.1, -0.05) is 0 Å². The fourth-order valence-electron chi connectivity index (χ4n) is 2.21. The Hall–Kier alpha value is -2.14. The van der Waals surface area contributed by atoms with Crippen LogP contribution in [0.2, 0.25) is 0 Å². The summed E-state index contributed by atoms with van der Waals surface area (Å²) in [6, 6.07) is 7.15. The lowest BCUT2D eigenvalue weighted by Crippen LogP contribution is -2.19. The van der Waals surface area contributed by atoms with E-state index >= 15 is 0 Å². The number of fused-ring (bicyclic) bond motifs is 1. The zero-order valence-corrected chi connectivity index (χ0v) is 11.8. The van der Waals surface area contributed by atoms with Crippen LogP contribution in [-0.2, 0) is 11.2 Å². The number of benzene rings is 1. The average molecular weight is 287 g/mol. The van der Waals surface area contributed by atoms with Gasteiger partial charge in [-0.2, -0.15) is 0 Å². The molecule has 0 fully saturated rings. The highest BCUT2D eigenvalue weighted by Crippen LogP contribution is 2.27. The van der Waals surface area contributed by atoms with E-state index < -0.39 is 0 Å². The summed E-state index contributed by atoms with van der Waals surface area (Å²) in [6.07, 6.45) is 1.15. The molecule has 0 unspecified atom stereocenters. The second-order valence-corrected chi connectivity index (χ2v) is 5.51. The van der Waals surface area contributed by atoms with E-state index in [1.165, 1.54) is 11.3 Å². The summed E-state index contributed by atoms with van der Waals surface area (Å²) in [4.78, 5) is 24.4. The van der Waals surface area contributed by atoms with Crippen molar-refractivity contribution in [3.05, 3.63) is 45.6 Å². The number of rotatable bonds is 3. The topological polar surface area (TPSA) is 55.4 Å². The van der Waals surface area contributed by atoms with Crippen molar-refractivity contribution in [1.82, 2.24) is 0 Å². The second-order valence-electron chi connectivity index (χ2n) is 4.60. The molecule has 2 aromatic rings. The first kappa shape index (κ1) is 12.9. The van der Waals surface area contributed by atoms with Crippen molar-refractivity contribution >= 4 is 28.7 Å². The number of anilines is 1. The summed E-state index contributed by atoms with van der Waals surface area (Å²) in [7, 11) is 1.58. The molecule has 0 aliphatic carbocycles. The van der Waals surface area contributed by atoms with Crippen molar-refractivity contribution < 1.29 is 14.3 Å². The zero-order valence-electron chi connectivity index (χ0n) is 10.9. The van der Waals surface area contributed by atoms with Crippen molar-refractivity contribution in [1.29, 1.82) is 0 Å². The van der Waals surface area contributed by atoms with Gasteiger partial charge in [0.25, 0.3) is 0 Å². The fourth-order valence-corrected chi connectivity index (χ4v) is 3.03. The van der Waals surface area contributed by atoms with Crippen molar-refractivity contribution in [2.24, 2.45) is 0 Å². The van der Waals surface area contributed by atoms with Crippen molar-refractivity contribution in [2.75, 3.05) is 12.4 Å². The van der Waals surface area contributed by atoms with Crippen LogP contribution in [-0.4, -0.2) is 18.8 Å². The fraction of sp³-hybridized carbons (Fsp3) is 0.200. The van der Waals surface area contributed by atoms with Crippen molar-refractivity contribution in [3.8, 4) is 5.75 Å². The van der Waals surface area contributed by atoms with Crippen LogP contribution in [0.1, 0.15) is 27.2 Å². The Morgan fingerprint density at radius 1 is 1.30 bits per heavy atom. The van der Waals surface area contributed by atoms with Gasteiger partial charge in [0.1, 0.15) is 5.75 Å². The summed E-state index contributed by atoms with van der Waals surface area (Å²) >= 11 is 1.37. The lowest BCUT2D eigenvalue weighted by molar-refractivity contribution is -0.116. The van der Waals surface area contributed by atoms with Crippen LogP contribution in [0.5, 0.6) is 5.75 Å². The normalized spacial score (nSPS) is 13.6. The maximum absolute atomic E-state index is 12.4. The average Bonchev–Trinajstić information content (AvgIpc) is 2.95. The molecule has 0 saturated carbocycles. The molecule has 2 heterocycles. The summed E-state index contributed by atoms with van der Waals surface area (Å²) < 4.78 is 5.09. The molecule has 3 rings (SSSR count). The predicted molar refractivity (Wildman–Crippen MR) is 77.7 cm³/mol. The number of amides is 1. The Bertz CT molecular complexity index is 690. The van der Waals surface area contributed by atoms with Gasteiger partial charge >= 0.3 is 0 Å². The molecule has 1 aromatic heterocycles. The molecule has 4 nitrogen and oxygen atoms in total. The molecular weight excluding hydrogens is 274 g/mol. The van der Waals surface area contributed by atoms with Gasteiger partial charge in [0.2, 0.25) is 11.7 Å². The molecule has 102 valence electrons. The molecule has 1 aromatic carbocycles. The van der Waals surface area contributed by atoms with Gasteiger partial charge in [-0.15, -0.1) is 11.3 Å². The van der Waals surface area contributed by atoms with Crippen molar-refractivity contribution in [3.63, 3.8) is 0 Å². The molecule has 1 aliphatic heterocycles. The third kappa shape index (κ3) is 2.32. The Morgan fingerprint density at radius 3 is 2.90 bits per heavy atom. The summed E-state index contributed by atoms with van der Waals surface area (Å²) in [5.41, 5.74) is 2.46. The highest BCUT2D eigenvalue weighted by Gasteiger charge is 2.18. The standard InChI is InChI=1S/C15H13NO3S/c1-19-11-7-13(20-8-11)15(18)10-2-4-12-9(6-10)3-5-14(17)16-12/h2,4,6-8H,3,5H2,1H3,(H,16,17). The number of hydrogen-bond donors (Lipinski definition) is 1. The van der Waals surface area contributed by atoms with Gasteiger partial charge in [-0.3, -0.25) is 9.59 Å². The number of methoxy groups -OCH3 is 1. The Morgan fingerprint density at radius 2 is 2.15 bits per heavy atom. The second kappa shape index (κ2) is 5.09. The molecule has 5 heteroatoms. The SMILES string of the molecule is COc1csc(C(=O)c2ccc3c(c2)CCC(=O)N3)c1. The molecule has 0 saturated heterocycles. The Balaban J connectivity index is 1.90. The van der Waals surface area contributed by atoms with E-state index in [0.29, 0.717) is 29.0 Å². The monoisotopic (exact) mass is 287 g/mol. The minimum absolute atomic E-state index is 0.0157. The highest BCUT2D eigenvalue weighted by atomic mass is 32.1.